The third-order valence-electron chi connectivity index (χ3n) is 4.72. The maximum Gasteiger partial charge on any atom is 0.253 e. The molecule has 2 aromatic rings. The first-order chi connectivity index (χ1) is 11.3. The van der Waals surface area contributed by atoms with Crippen molar-refractivity contribution in [2.24, 2.45) is 0 Å². The molecule has 0 bridgehead atoms. The number of carbonyl (C=O) groups is 1. The van der Waals surface area contributed by atoms with E-state index in [0.29, 0.717) is 0 Å². The lowest BCUT2D eigenvalue weighted by Gasteiger charge is -2.27. The fourth-order valence-corrected chi connectivity index (χ4v) is 3.44. The Morgan fingerprint density at radius 1 is 0.913 bits per heavy atom. The van der Waals surface area contributed by atoms with Gasteiger partial charge in [-0.2, -0.15) is 0 Å². The van der Waals surface area contributed by atoms with Gasteiger partial charge in [0, 0.05) is 49.7 Å². The number of nitrogens with zero attached hydrogens (tertiary/aromatic N) is 2. The van der Waals surface area contributed by atoms with Gasteiger partial charge in [0.25, 0.3) is 5.91 Å². The van der Waals surface area contributed by atoms with Gasteiger partial charge >= 0.3 is 0 Å². The Morgan fingerprint density at radius 2 is 1.65 bits per heavy atom. The summed E-state index contributed by atoms with van der Waals surface area (Å²) in [6.45, 7) is 4.35. The average Bonchev–Trinajstić information content (AvgIpc) is 3.06. The summed E-state index contributed by atoms with van der Waals surface area (Å²) in [6.07, 6.45) is 1.08. The highest BCUT2D eigenvalue weighted by atomic mass is 16.2. The lowest BCUT2D eigenvalue weighted by atomic mass is 10.1. The van der Waals surface area contributed by atoms with Gasteiger partial charge in [-0.3, -0.25) is 4.79 Å². The molecule has 1 N–H and O–H groups in total. The molecule has 2 heterocycles. The molecule has 0 radical (unpaired) electrons. The van der Waals surface area contributed by atoms with Gasteiger partial charge in [-0.05, 0) is 42.3 Å². The molecule has 2 aromatic carbocycles. The van der Waals surface area contributed by atoms with Crippen molar-refractivity contribution in [2.75, 3.05) is 37.6 Å². The predicted molar refractivity (Wildman–Crippen MR) is 92.4 cm³/mol. The summed E-state index contributed by atoms with van der Waals surface area (Å²) in [5, 5.41) is 3.28. The number of rotatable bonds is 2. The molecule has 1 amide bonds. The number of fused-ring (bicyclic) bond motifs is 1. The molecule has 0 spiro atoms. The maximum atomic E-state index is 12.5. The SMILES string of the molecule is O=C(c1ccc(N2CCc3ccccc32)cc1)N1CCNCC1. The molecule has 4 heteroatoms. The summed E-state index contributed by atoms with van der Waals surface area (Å²) in [4.78, 5) is 16.8. The topological polar surface area (TPSA) is 35.6 Å². The quantitative estimate of drug-likeness (QED) is 0.925. The molecule has 1 fully saturated rings. The molecule has 4 nitrogen and oxygen atoms in total. The minimum atomic E-state index is 0.139. The van der Waals surface area contributed by atoms with Crippen LogP contribution in [0, 0.1) is 0 Å². The van der Waals surface area contributed by atoms with Crippen LogP contribution in [0.1, 0.15) is 15.9 Å². The number of carbonyl (C=O) groups excluding carboxylic acids is 1. The summed E-state index contributed by atoms with van der Waals surface area (Å²) in [7, 11) is 0. The van der Waals surface area contributed by atoms with Crippen LogP contribution in [0.4, 0.5) is 11.4 Å². The summed E-state index contributed by atoms with van der Waals surface area (Å²) in [6, 6.07) is 16.6. The number of hydrogen-bond acceptors (Lipinski definition) is 3. The van der Waals surface area contributed by atoms with Gasteiger partial charge in [-0.25, -0.2) is 0 Å². The number of benzene rings is 2. The van der Waals surface area contributed by atoms with Crippen molar-refractivity contribution in [3.63, 3.8) is 0 Å². The maximum absolute atomic E-state index is 12.5. The van der Waals surface area contributed by atoms with Gasteiger partial charge in [0.1, 0.15) is 0 Å². The summed E-state index contributed by atoms with van der Waals surface area (Å²) >= 11 is 0. The number of piperazine rings is 1. The van der Waals surface area contributed by atoms with Crippen LogP contribution in [-0.2, 0) is 6.42 Å². The molecular formula is C19H21N3O. The number of para-hydroxylation sites is 1. The highest BCUT2D eigenvalue weighted by molar-refractivity contribution is 5.94. The largest absolute Gasteiger partial charge is 0.341 e. The van der Waals surface area contributed by atoms with Gasteiger partial charge in [0.2, 0.25) is 0 Å². The van der Waals surface area contributed by atoms with E-state index in [1.807, 2.05) is 17.0 Å². The van der Waals surface area contributed by atoms with E-state index in [1.54, 1.807) is 0 Å². The normalized spacial score (nSPS) is 17.2. The van der Waals surface area contributed by atoms with Crippen molar-refractivity contribution >= 4 is 17.3 Å². The number of anilines is 2. The first kappa shape index (κ1) is 14.3. The minimum Gasteiger partial charge on any atom is -0.341 e. The summed E-state index contributed by atoms with van der Waals surface area (Å²) < 4.78 is 0. The average molecular weight is 307 g/mol. The van der Waals surface area contributed by atoms with Crippen LogP contribution in [0.5, 0.6) is 0 Å². The van der Waals surface area contributed by atoms with Crippen LogP contribution >= 0.6 is 0 Å². The Hall–Kier alpha value is -2.33. The molecule has 23 heavy (non-hydrogen) atoms. The molecule has 118 valence electrons. The highest BCUT2D eigenvalue weighted by Crippen LogP contribution is 2.34. The van der Waals surface area contributed by atoms with Crippen molar-refractivity contribution in [3.8, 4) is 0 Å². The molecule has 0 aliphatic carbocycles. The second-order valence-electron chi connectivity index (χ2n) is 6.12. The molecular weight excluding hydrogens is 286 g/mol. The zero-order valence-corrected chi connectivity index (χ0v) is 13.2. The zero-order valence-electron chi connectivity index (χ0n) is 13.2. The molecule has 0 saturated carbocycles. The Balaban J connectivity index is 1.53. The van der Waals surface area contributed by atoms with Gasteiger partial charge in [-0.1, -0.05) is 18.2 Å². The Kier molecular flexibility index (Phi) is 3.75. The van der Waals surface area contributed by atoms with E-state index in [2.05, 4.69) is 46.6 Å². The monoisotopic (exact) mass is 307 g/mol. The fourth-order valence-electron chi connectivity index (χ4n) is 3.44. The standard InChI is InChI=1S/C19H21N3O/c23-19(21-13-10-20-11-14-21)16-5-7-17(8-6-16)22-12-9-15-3-1-2-4-18(15)22/h1-8,20H,9-14H2. The first-order valence-corrected chi connectivity index (χ1v) is 8.28. The second kappa shape index (κ2) is 6.05. The van der Waals surface area contributed by atoms with E-state index in [-0.39, 0.29) is 5.91 Å². The lowest BCUT2D eigenvalue weighted by Crippen LogP contribution is -2.46. The van der Waals surface area contributed by atoms with E-state index in [1.165, 1.54) is 11.3 Å². The molecule has 0 atom stereocenters. The molecule has 1 saturated heterocycles. The fraction of sp³-hybridized carbons (Fsp3) is 0.316. The molecule has 2 aliphatic heterocycles. The smallest absolute Gasteiger partial charge is 0.253 e. The van der Waals surface area contributed by atoms with E-state index < -0.39 is 0 Å². The summed E-state index contributed by atoms with van der Waals surface area (Å²) in [5.41, 5.74) is 4.62. The Labute approximate surface area is 136 Å². The molecule has 2 aliphatic rings. The van der Waals surface area contributed by atoms with E-state index in [4.69, 9.17) is 0 Å². The van der Waals surface area contributed by atoms with Gasteiger partial charge in [0.15, 0.2) is 0 Å². The van der Waals surface area contributed by atoms with Crippen molar-refractivity contribution in [2.45, 2.75) is 6.42 Å². The van der Waals surface area contributed by atoms with Gasteiger partial charge in [-0.15, -0.1) is 0 Å². The molecule has 0 aromatic heterocycles. The third-order valence-corrected chi connectivity index (χ3v) is 4.72. The van der Waals surface area contributed by atoms with Crippen molar-refractivity contribution in [1.29, 1.82) is 0 Å². The summed E-state index contributed by atoms with van der Waals surface area (Å²) in [5.74, 6) is 0.139. The number of hydrogen-bond donors (Lipinski definition) is 1. The van der Waals surface area contributed by atoms with E-state index in [9.17, 15) is 4.79 Å². The zero-order chi connectivity index (χ0) is 15.6. The Morgan fingerprint density at radius 3 is 2.43 bits per heavy atom. The number of amides is 1. The van der Waals surface area contributed by atoms with Crippen LogP contribution in [0.15, 0.2) is 48.5 Å². The number of nitrogens with one attached hydrogen (secondary N) is 1. The van der Waals surface area contributed by atoms with Crippen LogP contribution in [0.2, 0.25) is 0 Å². The van der Waals surface area contributed by atoms with E-state index in [0.717, 1.165) is 50.4 Å². The first-order valence-electron chi connectivity index (χ1n) is 8.28. The van der Waals surface area contributed by atoms with Crippen LogP contribution < -0.4 is 10.2 Å². The Bertz CT molecular complexity index is 705. The highest BCUT2D eigenvalue weighted by Gasteiger charge is 2.21. The lowest BCUT2D eigenvalue weighted by molar-refractivity contribution is 0.0736. The van der Waals surface area contributed by atoms with Crippen LogP contribution in [0.25, 0.3) is 0 Å². The van der Waals surface area contributed by atoms with E-state index >= 15 is 0 Å². The molecule has 4 rings (SSSR count). The third kappa shape index (κ3) is 2.70. The van der Waals surface area contributed by atoms with Crippen molar-refractivity contribution < 1.29 is 4.79 Å². The second-order valence-corrected chi connectivity index (χ2v) is 6.12. The minimum absolute atomic E-state index is 0.139. The predicted octanol–water partition coefficient (Wildman–Crippen LogP) is 2.43. The van der Waals surface area contributed by atoms with Crippen LogP contribution in [-0.4, -0.2) is 43.5 Å². The van der Waals surface area contributed by atoms with Crippen molar-refractivity contribution in [3.05, 3.63) is 59.7 Å². The van der Waals surface area contributed by atoms with Crippen molar-refractivity contribution in [1.82, 2.24) is 10.2 Å². The van der Waals surface area contributed by atoms with Gasteiger partial charge < -0.3 is 15.1 Å². The molecule has 0 unspecified atom stereocenters. The van der Waals surface area contributed by atoms with Crippen LogP contribution in [0.3, 0.4) is 0 Å². The van der Waals surface area contributed by atoms with Gasteiger partial charge in [0.05, 0.1) is 0 Å².